The number of hydrogen-bond donors (Lipinski definition) is 0. The lowest BCUT2D eigenvalue weighted by molar-refractivity contribution is 0.130. The van der Waals surface area contributed by atoms with Crippen LogP contribution in [0.5, 0.6) is 0 Å². The molecule has 2 atom stereocenters. The van der Waals surface area contributed by atoms with E-state index in [9.17, 15) is 0 Å². The van der Waals surface area contributed by atoms with Gasteiger partial charge in [-0.3, -0.25) is 0 Å². The van der Waals surface area contributed by atoms with Crippen molar-refractivity contribution in [3.8, 4) is 0 Å². The van der Waals surface area contributed by atoms with Gasteiger partial charge in [0.1, 0.15) is 0 Å². The molecule has 0 aromatic rings. The maximum absolute atomic E-state index is 2.86. The number of rotatable bonds is 0. The van der Waals surface area contributed by atoms with E-state index in [1.807, 2.05) is 0 Å². The molecular weight excluding hydrogens is 230 g/mol. The van der Waals surface area contributed by atoms with Gasteiger partial charge in [0, 0.05) is 6.04 Å². The lowest BCUT2D eigenvalue weighted by atomic mass is 9.75. The predicted octanol–water partition coefficient (Wildman–Crippen LogP) is 5.25. The summed E-state index contributed by atoms with van der Waals surface area (Å²) in [5.41, 5.74) is 0.501. The Morgan fingerprint density at radius 2 is 1.32 bits per heavy atom. The second-order valence-electron chi connectivity index (χ2n) is 8.03. The average molecular weight is 265 g/mol. The number of hydrogen-bond acceptors (Lipinski definition) is 1. The van der Waals surface area contributed by atoms with Gasteiger partial charge in [-0.25, -0.2) is 0 Å². The Balaban J connectivity index is 1.98. The Morgan fingerprint density at radius 1 is 0.684 bits per heavy atom. The topological polar surface area (TPSA) is 3.24 Å². The highest BCUT2D eigenvalue weighted by Gasteiger charge is 2.27. The molecule has 0 bridgehead atoms. The molecule has 0 N–H and O–H groups in total. The third-order valence-electron chi connectivity index (χ3n) is 5.58. The first kappa shape index (κ1) is 15.4. The fraction of sp³-hybridized carbons (Fsp3) is 1.00. The smallest absolute Gasteiger partial charge is 0.00952 e. The molecule has 2 unspecified atom stereocenters. The van der Waals surface area contributed by atoms with Gasteiger partial charge in [0.25, 0.3) is 0 Å². The maximum atomic E-state index is 2.86. The molecule has 19 heavy (non-hydrogen) atoms. The van der Waals surface area contributed by atoms with Gasteiger partial charge in [-0.2, -0.15) is 0 Å². The second kappa shape index (κ2) is 7.11. The summed E-state index contributed by atoms with van der Waals surface area (Å²) in [6, 6.07) is 0.918. The summed E-state index contributed by atoms with van der Waals surface area (Å²) in [4.78, 5) is 2.86. The quantitative estimate of drug-likeness (QED) is 0.578. The molecular formula is C18H35N. The zero-order valence-corrected chi connectivity index (χ0v) is 13.6. The normalized spacial score (nSPS) is 32.4. The second-order valence-corrected chi connectivity index (χ2v) is 8.03. The summed E-state index contributed by atoms with van der Waals surface area (Å²) >= 11 is 0. The first-order valence-electron chi connectivity index (χ1n) is 8.81. The summed E-state index contributed by atoms with van der Waals surface area (Å²) in [6.07, 6.45) is 14.6. The van der Waals surface area contributed by atoms with E-state index >= 15 is 0 Å². The van der Waals surface area contributed by atoms with Gasteiger partial charge in [0.15, 0.2) is 0 Å². The van der Waals surface area contributed by atoms with Crippen molar-refractivity contribution in [2.75, 3.05) is 13.1 Å². The monoisotopic (exact) mass is 265 g/mol. The van der Waals surface area contributed by atoms with Crippen LogP contribution in [0.4, 0.5) is 0 Å². The van der Waals surface area contributed by atoms with Crippen molar-refractivity contribution in [2.24, 2.45) is 11.3 Å². The molecule has 1 heteroatoms. The van der Waals surface area contributed by atoms with Gasteiger partial charge in [0.05, 0.1) is 0 Å². The van der Waals surface area contributed by atoms with Crippen LogP contribution < -0.4 is 0 Å². The molecule has 2 rings (SSSR count). The van der Waals surface area contributed by atoms with E-state index in [1.54, 1.807) is 0 Å². The highest BCUT2D eigenvalue weighted by molar-refractivity contribution is 4.81. The van der Waals surface area contributed by atoms with Crippen molar-refractivity contribution in [3.05, 3.63) is 0 Å². The highest BCUT2D eigenvalue weighted by Crippen LogP contribution is 2.35. The Kier molecular flexibility index (Phi) is 5.74. The predicted molar refractivity (Wildman–Crippen MR) is 84.5 cm³/mol. The fourth-order valence-electron chi connectivity index (χ4n) is 4.14. The molecule has 0 amide bonds. The summed E-state index contributed by atoms with van der Waals surface area (Å²) in [5, 5.41) is 0. The van der Waals surface area contributed by atoms with Crippen molar-refractivity contribution in [3.63, 3.8) is 0 Å². The lowest BCUT2D eigenvalue weighted by Gasteiger charge is -2.36. The zero-order valence-electron chi connectivity index (χ0n) is 13.6. The molecule has 2 heterocycles. The van der Waals surface area contributed by atoms with Crippen LogP contribution in [0.3, 0.4) is 0 Å². The first-order valence-corrected chi connectivity index (χ1v) is 8.81. The summed E-state index contributed by atoms with van der Waals surface area (Å²) in [5.74, 6) is 0.925. The van der Waals surface area contributed by atoms with E-state index < -0.39 is 0 Å². The largest absolute Gasteiger partial charge is 0.300 e. The van der Waals surface area contributed by atoms with Crippen molar-refractivity contribution in [1.29, 1.82) is 0 Å². The molecule has 0 radical (unpaired) electrons. The van der Waals surface area contributed by atoms with Crippen LogP contribution in [0.2, 0.25) is 0 Å². The molecule has 112 valence electrons. The average Bonchev–Trinajstić information content (AvgIpc) is 2.57. The minimum absolute atomic E-state index is 0.501. The molecule has 2 aliphatic rings. The summed E-state index contributed by atoms with van der Waals surface area (Å²) in [6.45, 7) is 10.1. The van der Waals surface area contributed by atoms with Crippen molar-refractivity contribution >= 4 is 0 Å². The SMILES string of the molecule is CC(C)(C)C1CCCCCC2CCCCCN2CC1. The Hall–Kier alpha value is -0.0400. The highest BCUT2D eigenvalue weighted by atomic mass is 15.2. The van der Waals surface area contributed by atoms with Gasteiger partial charge in [-0.15, -0.1) is 0 Å². The molecule has 0 aliphatic carbocycles. The van der Waals surface area contributed by atoms with E-state index in [0.717, 1.165) is 12.0 Å². The molecule has 0 spiro atoms. The molecule has 2 saturated heterocycles. The minimum atomic E-state index is 0.501. The van der Waals surface area contributed by atoms with E-state index in [4.69, 9.17) is 0 Å². The van der Waals surface area contributed by atoms with Gasteiger partial charge in [-0.05, 0) is 56.5 Å². The molecule has 2 aliphatic heterocycles. The van der Waals surface area contributed by atoms with Crippen LogP contribution in [-0.4, -0.2) is 24.0 Å². The van der Waals surface area contributed by atoms with Crippen molar-refractivity contribution < 1.29 is 0 Å². The number of fused-ring (bicyclic) bond motifs is 1. The van der Waals surface area contributed by atoms with E-state index in [2.05, 4.69) is 25.7 Å². The van der Waals surface area contributed by atoms with Crippen LogP contribution in [0.25, 0.3) is 0 Å². The molecule has 0 aromatic heterocycles. The molecule has 2 fully saturated rings. The van der Waals surface area contributed by atoms with Crippen LogP contribution >= 0.6 is 0 Å². The zero-order chi connectivity index (χ0) is 13.7. The van der Waals surface area contributed by atoms with Crippen molar-refractivity contribution in [1.82, 2.24) is 4.90 Å². The van der Waals surface area contributed by atoms with E-state index in [-0.39, 0.29) is 0 Å². The third-order valence-corrected chi connectivity index (χ3v) is 5.58. The molecule has 1 nitrogen and oxygen atoms in total. The summed E-state index contributed by atoms with van der Waals surface area (Å²) < 4.78 is 0. The Labute approximate surface area is 121 Å². The van der Waals surface area contributed by atoms with Crippen LogP contribution in [-0.2, 0) is 0 Å². The standard InChI is InChI=1S/C18H35N/c1-18(2,3)16-10-6-4-7-11-17-12-8-5-9-14-19(17)15-13-16/h16-17H,4-15H2,1-3H3. The van der Waals surface area contributed by atoms with Crippen LogP contribution in [0, 0.1) is 11.3 Å². The number of nitrogens with zero attached hydrogens (tertiary/aromatic N) is 1. The molecule has 0 aromatic carbocycles. The maximum Gasteiger partial charge on any atom is 0.00952 e. The lowest BCUT2D eigenvalue weighted by Crippen LogP contribution is -2.38. The summed E-state index contributed by atoms with van der Waals surface area (Å²) in [7, 11) is 0. The van der Waals surface area contributed by atoms with Gasteiger partial charge in [0.2, 0.25) is 0 Å². The fourth-order valence-corrected chi connectivity index (χ4v) is 4.14. The Morgan fingerprint density at radius 3 is 2.00 bits per heavy atom. The van der Waals surface area contributed by atoms with Crippen LogP contribution in [0.1, 0.15) is 85.0 Å². The minimum Gasteiger partial charge on any atom is -0.300 e. The van der Waals surface area contributed by atoms with E-state index in [0.29, 0.717) is 5.41 Å². The van der Waals surface area contributed by atoms with Gasteiger partial charge in [-0.1, -0.05) is 52.9 Å². The Bertz CT molecular complexity index is 253. The third kappa shape index (κ3) is 4.77. The van der Waals surface area contributed by atoms with Crippen molar-refractivity contribution in [2.45, 2.75) is 91.0 Å². The molecule has 0 saturated carbocycles. The first-order chi connectivity index (χ1) is 9.07. The van der Waals surface area contributed by atoms with E-state index in [1.165, 1.54) is 77.3 Å². The van der Waals surface area contributed by atoms with Gasteiger partial charge >= 0.3 is 0 Å². The van der Waals surface area contributed by atoms with Crippen LogP contribution in [0.15, 0.2) is 0 Å². The van der Waals surface area contributed by atoms with Gasteiger partial charge < -0.3 is 4.90 Å².